The molecule has 0 aromatic carbocycles. The Balaban J connectivity index is 0. The highest BCUT2D eigenvalue weighted by Crippen LogP contribution is 2.09. The number of rotatable bonds is 1. The van der Waals surface area contributed by atoms with Gasteiger partial charge in [0.1, 0.15) is 0 Å². The van der Waals surface area contributed by atoms with Gasteiger partial charge in [0.05, 0.1) is 0 Å². The summed E-state index contributed by atoms with van der Waals surface area (Å²) in [6.07, 6.45) is 2.04. The zero-order valence-electron chi connectivity index (χ0n) is 6.65. The lowest BCUT2D eigenvalue weighted by molar-refractivity contribution is 0.610. The first-order chi connectivity index (χ1) is 3.48. The van der Waals surface area contributed by atoms with Crippen molar-refractivity contribution in [2.75, 3.05) is 0 Å². The van der Waals surface area contributed by atoms with Crippen LogP contribution in [0.2, 0.25) is 0 Å². The highest BCUT2D eigenvalue weighted by Gasteiger charge is 2.10. The molecule has 0 aromatic rings. The van der Waals surface area contributed by atoms with Gasteiger partial charge in [-0.05, 0) is 27.7 Å². The topological polar surface area (TPSA) is 57.5 Å². The van der Waals surface area contributed by atoms with E-state index in [1.165, 1.54) is 5.57 Å². The Morgan fingerprint density at radius 3 is 1.78 bits per heavy atom. The summed E-state index contributed by atoms with van der Waals surface area (Å²) in [4.78, 5) is 0. The average Bonchev–Trinajstić information content (AvgIpc) is 1.62. The minimum absolute atomic E-state index is 0. The van der Waals surface area contributed by atoms with E-state index >= 15 is 0 Å². The number of hydrogen-bond donors (Lipinski definition) is 1. The Bertz CT molecular complexity index is 100.0. The second-order valence-electron chi connectivity index (χ2n) is 2.69. The second-order valence-corrected chi connectivity index (χ2v) is 2.69. The molecule has 9 heavy (non-hydrogen) atoms. The van der Waals surface area contributed by atoms with Gasteiger partial charge in [0, 0.05) is 5.54 Å². The molecule has 0 radical (unpaired) electrons. The van der Waals surface area contributed by atoms with Crippen LogP contribution in [0.5, 0.6) is 0 Å². The Hall–Kier alpha value is -0.340. The van der Waals surface area contributed by atoms with Crippen molar-refractivity contribution in [3.63, 3.8) is 0 Å². The summed E-state index contributed by atoms with van der Waals surface area (Å²) in [7, 11) is 0. The zero-order chi connectivity index (χ0) is 6.78. The molecule has 0 spiro atoms. The van der Waals surface area contributed by atoms with E-state index in [4.69, 9.17) is 5.73 Å². The van der Waals surface area contributed by atoms with Gasteiger partial charge >= 0.3 is 0 Å². The van der Waals surface area contributed by atoms with Crippen LogP contribution in [0, 0.1) is 0 Å². The quantitative estimate of drug-likeness (QED) is 0.527. The fourth-order valence-electron chi connectivity index (χ4n) is 0.372. The van der Waals surface area contributed by atoms with Gasteiger partial charge in [0.25, 0.3) is 0 Å². The van der Waals surface area contributed by atoms with E-state index in [0.29, 0.717) is 0 Å². The van der Waals surface area contributed by atoms with Crippen LogP contribution in [-0.4, -0.2) is 11.0 Å². The van der Waals surface area contributed by atoms with Gasteiger partial charge in [-0.1, -0.05) is 11.6 Å². The first-order valence-corrected chi connectivity index (χ1v) is 2.90. The average molecular weight is 131 g/mol. The number of nitrogens with two attached hydrogens (primary N) is 1. The van der Waals surface area contributed by atoms with Crippen molar-refractivity contribution in [1.29, 1.82) is 0 Å². The molecule has 0 amide bonds. The zero-order valence-corrected chi connectivity index (χ0v) is 6.65. The molecule has 2 heteroatoms. The molecule has 0 bridgehead atoms. The third-order valence-electron chi connectivity index (χ3n) is 1.45. The molecule has 2 nitrogen and oxygen atoms in total. The predicted molar refractivity (Wildman–Crippen MR) is 41.3 cm³/mol. The van der Waals surface area contributed by atoms with Crippen LogP contribution in [0.3, 0.4) is 0 Å². The lowest BCUT2D eigenvalue weighted by atomic mass is 9.97. The molecule has 0 aromatic heterocycles. The van der Waals surface area contributed by atoms with Crippen molar-refractivity contribution >= 4 is 0 Å². The van der Waals surface area contributed by atoms with E-state index in [9.17, 15) is 0 Å². The Kier molecular flexibility index (Phi) is 4.63. The smallest absolute Gasteiger partial charge is 0.0308 e. The van der Waals surface area contributed by atoms with Crippen LogP contribution in [0.1, 0.15) is 27.7 Å². The first-order valence-electron chi connectivity index (χ1n) is 2.90. The Morgan fingerprint density at radius 1 is 1.44 bits per heavy atom. The lowest BCUT2D eigenvalue weighted by Gasteiger charge is -2.18. The molecule has 0 saturated carbocycles. The van der Waals surface area contributed by atoms with E-state index in [-0.39, 0.29) is 11.0 Å². The van der Waals surface area contributed by atoms with Gasteiger partial charge in [0.2, 0.25) is 0 Å². The summed E-state index contributed by atoms with van der Waals surface area (Å²) < 4.78 is 0. The molecule has 0 saturated heterocycles. The summed E-state index contributed by atoms with van der Waals surface area (Å²) >= 11 is 0. The Morgan fingerprint density at radius 2 is 1.78 bits per heavy atom. The van der Waals surface area contributed by atoms with Crippen molar-refractivity contribution in [1.82, 2.24) is 0 Å². The minimum atomic E-state index is -0.130. The third kappa shape index (κ3) is 4.18. The van der Waals surface area contributed by atoms with Crippen LogP contribution >= 0.6 is 0 Å². The van der Waals surface area contributed by atoms with Gasteiger partial charge in [0.15, 0.2) is 0 Å². The molecule has 0 aliphatic heterocycles. The number of allylic oxidation sites excluding steroid dienone is 1. The van der Waals surface area contributed by atoms with E-state index < -0.39 is 0 Å². The summed E-state index contributed by atoms with van der Waals surface area (Å²) in [5.41, 5.74) is 6.82. The van der Waals surface area contributed by atoms with Gasteiger partial charge in [-0.2, -0.15) is 0 Å². The largest absolute Gasteiger partial charge is 0.412 e. The fraction of sp³-hybridized carbons (Fsp3) is 0.714. The molecule has 0 aliphatic rings. The molecule has 0 aliphatic carbocycles. The summed E-state index contributed by atoms with van der Waals surface area (Å²) in [5.74, 6) is 0. The SMILES string of the molecule is C/C=C(\C)C(C)(C)N.O. The van der Waals surface area contributed by atoms with Gasteiger partial charge < -0.3 is 11.2 Å². The maximum atomic E-state index is 5.72. The maximum Gasteiger partial charge on any atom is 0.0308 e. The monoisotopic (exact) mass is 131 g/mol. The van der Waals surface area contributed by atoms with Crippen LogP contribution in [0.4, 0.5) is 0 Å². The molecule has 0 rings (SSSR count). The minimum Gasteiger partial charge on any atom is -0.412 e. The molecule has 4 N–H and O–H groups in total. The molecular formula is C7H17NO. The second kappa shape index (κ2) is 3.64. The standard InChI is InChI=1S/C7H15N.H2O/c1-5-6(2)7(3,4)8;/h5H,8H2,1-4H3;1H2/b6-5+;. The van der Waals surface area contributed by atoms with Gasteiger partial charge in [-0.3, -0.25) is 0 Å². The summed E-state index contributed by atoms with van der Waals surface area (Å²) in [6, 6.07) is 0. The van der Waals surface area contributed by atoms with Crippen LogP contribution in [-0.2, 0) is 0 Å². The van der Waals surface area contributed by atoms with Crippen LogP contribution < -0.4 is 5.73 Å². The molecule has 0 atom stereocenters. The predicted octanol–water partition coefficient (Wildman–Crippen LogP) is 0.865. The molecule has 0 unspecified atom stereocenters. The van der Waals surface area contributed by atoms with Crippen molar-refractivity contribution < 1.29 is 5.48 Å². The summed E-state index contributed by atoms with van der Waals surface area (Å²) in [6.45, 7) is 8.05. The van der Waals surface area contributed by atoms with Crippen LogP contribution in [0.25, 0.3) is 0 Å². The highest BCUT2D eigenvalue weighted by atomic mass is 16.0. The maximum absolute atomic E-state index is 5.72. The number of hydrogen-bond acceptors (Lipinski definition) is 1. The van der Waals surface area contributed by atoms with Crippen molar-refractivity contribution in [2.24, 2.45) is 5.73 Å². The third-order valence-corrected chi connectivity index (χ3v) is 1.45. The lowest BCUT2D eigenvalue weighted by Crippen LogP contribution is -2.32. The van der Waals surface area contributed by atoms with E-state index in [0.717, 1.165) is 0 Å². The van der Waals surface area contributed by atoms with Crippen molar-refractivity contribution in [3.05, 3.63) is 11.6 Å². The Labute approximate surface area is 57.1 Å². The molecule has 0 fully saturated rings. The highest BCUT2D eigenvalue weighted by molar-refractivity contribution is 5.11. The molecule has 56 valence electrons. The van der Waals surface area contributed by atoms with Crippen molar-refractivity contribution in [3.8, 4) is 0 Å². The van der Waals surface area contributed by atoms with E-state index in [2.05, 4.69) is 0 Å². The first kappa shape index (κ1) is 11.5. The normalized spacial score (nSPS) is 12.8. The van der Waals surface area contributed by atoms with E-state index in [1.807, 2.05) is 33.8 Å². The van der Waals surface area contributed by atoms with Crippen molar-refractivity contribution in [2.45, 2.75) is 33.2 Å². The van der Waals surface area contributed by atoms with Crippen LogP contribution in [0.15, 0.2) is 11.6 Å². The van der Waals surface area contributed by atoms with Gasteiger partial charge in [-0.25, -0.2) is 0 Å². The van der Waals surface area contributed by atoms with Gasteiger partial charge in [-0.15, -0.1) is 0 Å². The molecule has 0 heterocycles. The molecular weight excluding hydrogens is 114 g/mol. The van der Waals surface area contributed by atoms with E-state index in [1.54, 1.807) is 0 Å². The fourth-order valence-corrected chi connectivity index (χ4v) is 0.372. The summed E-state index contributed by atoms with van der Waals surface area (Å²) in [5, 5.41) is 0.